The number of alkyl halides is 3. The summed E-state index contributed by atoms with van der Waals surface area (Å²) in [4.78, 5) is 9.17. The quantitative estimate of drug-likeness (QED) is 0.336. The van der Waals surface area contributed by atoms with E-state index in [0.717, 1.165) is 11.3 Å². The fraction of sp³-hybridized carbons (Fsp3) is 0.200. The predicted octanol–water partition coefficient (Wildman–Crippen LogP) is 5.83. The van der Waals surface area contributed by atoms with Gasteiger partial charge in [0.05, 0.1) is 26.8 Å². The van der Waals surface area contributed by atoms with E-state index in [2.05, 4.69) is 20.0 Å². The summed E-state index contributed by atoms with van der Waals surface area (Å²) in [5, 5.41) is 3.95. The molecule has 0 spiro atoms. The summed E-state index contributed by atoms with van der Waals surface area (Å²) >= 11 is 0. The van der Waals surface area contributed by atoms with Crippen molar-refractivity contribution in [1.29, 1.82) is 0 Å². The monoisotopic (exact) mass is 485 g/mol. The molecule has 0 saturated heterocycles. The fourth-order valence-corrected chi connectivity index (χ4v) is 3.48. The van der Waals surface area contributed by atoms with Gasteiger partial charge in [-0.3, -0.25) is 0 Å². The molecule has 4 aromatic rings. The highest BCUT2D eigenvalue weighted by molar-refractivity contribution is 5.93. The zero-order valence-corrected chi connectivity index (χ0v) is 19.1. The highest BCUT2D eigenvalue weighted by Gasteiger charge is 2.31. The maximum Gasteiger partial charge on any atom is 0.573 e. The zero-order valence-electron chi connectivity index (χ0n) is 19.1. The molecule has 4 rings (SSSR count). The highest BCUT2D eigenvalue weighted by Crippen LogP contribution is 2.36. The number of methoxy groups -OCH3 is 3. The van der Waals surface area contributed by atoms with Crippen LogP contribution in [0.15, 0.2) is 60.7 Å². The van der Waals surface area contributed by atoms with Gasteiger partial charge >= 0.3 is 6.36 Å². The normalized spacial score (nSPS) is 11.3. The zero-order chi connectivity index (χ0) is 25.0. The first-order chi connectivity index (χ1) is 16.8. The number of anilines is 1. The number of aromatic nitrogens is 2. The third kappa shape index (κ3) is 5.65. The van der Waals surface area contributed by atoms with Crippen LogP contribution in [0, 0.1) is 0 Å². The van der Waals surface area contributed by atoms with E-state index >= 15 is 0 Å². The van der Waals surface area contributed by atoms with Gasteiger partial charge in [0.15, 0.2) is 17.3 Å². The van der Waals surface area contributed by atoms with E-state index in [1.54, 1.807) is 25.3 Å². The van der Waals surface area contributed by atoms with E-state index < -0.39 is 6.36 Å². The van der Waals surface area contributed by atoms with E-state index in [4.69, 9.17) is 14.2 Å². The molecule has 35 heavy (non-hydrogen) atoms. The van der Waals surface area contributed by atoms with Crippen LogP contribution in [0.3, 0.4) is 0 Å². The SMILES string of the molecule is COc1ccc(CNc2nc(-c3cccc(OC(F)(F)F)c3)nc3cc(OC)c(OC)cc23)cc1. The van der Waals surface area contributed by atoms with Crippen molar-refractivity contribution < 1.29 is 32.1 Å². The van der Waals surface area contributed by atoms with E-state index in [0.29, 0.717) is 40.3 Å². The Morgan fingerprint density at radius 3 is 2.17 bits per heavy atom. The fourth-order valence-electron chi connectivity index (χ4n) is 3.48. The van der Waals surface area contributed by atoms with Crippen molar-refractivity contribution in [2.45, 2.75) is 12.9 Å². The van der Waals surface area contributed by atoms with Crippen LogP contribution in [-0.2, 0) is 6.54 Å². The first kappa shape index (κ1) is 23.9. The van der Waals surface area contributed by atoms with Crippen molar-refractivity contribution in [2.75, 3.05) is 26.6 Å². The number of hydrogen-bond acceptors (Lipinski definition) is 7. The average molecular weight is 485 g/mol. The third-order valence-corrected chi connectivity index (χ3v) is 5.15. The van der Waals surface area contributed by atoms with Crippen LogP contribution < -0.4 is 24.3 Å². The minimum absolute atomic E-state index is 0.217. The van der Waals surface area contributed by atoms with Crippen molar-refractivity contribution >= 4 is 16.7 Å². The first-order valence-corrected chi connectivity index (χ1v) is 10.5. The molecular weight excluding hydrogens is 463 g/mol. The molecule has 0 bridgehead atoms. The molecule has 10 heteroatoms. The minimum Gasteiger partial charge on any atom is -0.497 e. The van der Waals surface area contributed by atoms with Crippen LogP contribution in [-0.4, -0.2) is 37.7 Å². The molecule has 1 N–H and O–H groups in total. The van der Waals surface area contributed by atoms with Gasteiger partial charge < -0.3 is 24.3 Å². The van der Waals surface area contributed by atoms with Crippen LogP contribution in [0.1, 0.15) is 5.56 Å². The van der Waals surface area contributed by atoms with Gasteiger partial charge in [0.1, 0.15) is 17.3 Å². The lowest BCUT2D eigenvalue weighted by Crippen LogP contribution is -2.17. The lowest BCUT2D eigenvalue weighted by molar-refractivity contribution is -0.274. The number of nitrogens with one attached hydrogen (secondary N) is 1. The Morgan fingerprint density at radius 1 is 0.800 bits per heavy atom. The van der Waals surface area contributed by atoms with Gasteiger partial charge in [-0.15, -0.1) is 13.2 Å². The second-order valence-corrected chi connectivity index (χ2v) is 7.40. The molecule has 0 saturated carbocycles. The number of benzene rings is 3. The Labute approximate surface area is 199 Å². The molecule has 1 heterocycles. The second kappa shape index (κ2) is 9.96. The standard InChI is InChI=1S/C25H22F3N3O4/c1-32-17-9-7-15(8-10-17)14-29-24-19-12-21(33-2)22(34-3)13-20(19)30-23(31-24)16-5-4-6-18(11-16)35-25(26,27)28/h4-13H,14H2,1-3H3,(H,29,30,31). The van der Waals surface area contributed by atoms with Crippen LogP contribution in [0.4, 0.5) is 19.0 Å². The van der Waals surface area contributed by atoms with Gasteiger partial charge in [-0.1, -0.05) is 24.3 Å². The summed E-state index contributed by atoms with van der Waals surface area (Å²) in [5.74, 6) is 2.02. The smallest absolute Gasteiger partial charge is 0.497 e. The molecule has 0 aliphatic rings. The van der Waals surface area contributed by atoms with E-state index in [1.165, 1.54) is 32.4 Å². The molecule has 0 atom stereocenters. The van der Waals surface area contributed by atoms with Gasteiger partial charge in [0, 0.05) is 23.6 Å². The third-order valence-electron chi connectivity index (χ3n) is 5.15. The average Bonchev–Trinajstić information content (AvgIpc) is 2.85. The van der Waals surface area contributed by atoms with Gasteiger partial charge in [0.2, 0.25) is 0 Å². The summed E-state index contributed by atoms with van der Waals surface area (Å²) in [6.07, 6.45) is -4.81. The summed E-state index contributed by atoms with van der Waals surface area (Å²) in [6.45, 7) is 0.432. The van der Waals surface area contributed by atoms with Crippen molar-refractivity contribution in [3.63, 3.8) is 0 Å². The molecule has 0 fully saturated rings. The molecule has 0 aliphatic heterocycles. The lowest BCUT2D eigenvalue weighted by Gasteiger charge is -2.15. The lowest BCUT2D eigenvalue weighted by atomic mass is 10.1. The maximum atomic E-state index is 12.7. The van der Waals surface area contributed by atoms with E-state index in [9.17, 15) is 13.2 Å². The molecule has 0 aliphatic carbocycles. The topological polar surface area (TPSA) is 74.7 Å². The van der Waals surface area contributed by atoms with Crippen molar-refractivity contribution in [2.24, 2.45) is 0 Å². The van der Waals surface area contributed by atoms with Gasteiger partial charge in [-0.05, 0) is 35.9 Å². The Kier molecular flexibility index (Phi) is 6.81. The Morgan fingerprint density at radius 2 is 1.51 bits per heavy atom. The summed E-state index contributed by atoms with van der Waals surface area (Å²) < 4.78 is 58.2. The number of hydrogen-bond donors (Lipinski definition) is 1. The Balaban J connectivity index is 1.77. The van der Waals surface area contributed by atoms with Crippen LogP contribution in [0.2, 0.25) is 0 Å². The van der Waals surface area contributed by atoms with Crippen molar-refractivity contribution in [1.82, 2.24) is 9.97 Å². The molecular formula is C25H22F3N3O4. The molecule has 1 aromatic heterocycles. The number of fused-ring (bicyclic) bond motifs is 1. The number of nitrogens with zero attached hydrogens (tertiary/aromatic N) is 2. The minimum atomic E-state index is -4.81. The van der Waals surface area contributed by atoms with Crippen LogP contribution >= 0.6 is 0 Å². The van der Waals surface area contributed by atoms with Crippen molar-refractivity contribution in [3.05, 3.63) is 66.2 Å². The van der Waals surface area contributed by atoms with Gasteiger partial charge in [-0.25, -0.2) is 9.97 Å². The molecule has 3 aromatic carbocycles. The summed E-state index contributed by atoms with van der Waals surface area (Å²) in [7, 11) is 4.63. The van der Waals surface area contributed by atoms with Crippen molar-refractivity contribution in [3.8, 4) is 34.4 Å². The van der Waals surface area contributed by atoms with E-state index in [-0.39, 0.29) is 11.6 Å². The second-order valence-electron chi connectivity index (χ2n) is 7.40. The Bertz CT molecular complexity index is 1330. The molecule has 0 unspecified atom stereocenters. The molecule has 0 amide bonds. The first-order valence-electron chi connectivity index (χ1n) is 10.5. The largest absolute Gasteiger partial charge is 0.573 e. The van der Waals surface area contributed by atoms with Gasteiger partial charge in [0.25, 0.3) is 0 Å². The van der Waals surface area contributed by atoms with Crippen LogP contribution in [0.25, 0.3) is 22.3 Å². The highest BCUT2D eigenvalue weighted by atomic mass is 19.4. The molecule has 182 valence electrons. The van der Waals surface area contributed by atoms with E-state index in [1.807, 2.05) is 24.3 Å². The number of ether oxygens (including phenoxy) is 4. The Hall–Kier alpha value is -4.21. The molecule has 7 nitrogen and oxygen atoms in total. The number of halogens is 3. The summed E-state index contributed by atoms with van der Waals surface area (Å²) in [5.41, 5.74) is 1.85. The molecule has 0 radical (unpaired) electrons. The van der Waals surface area contributed by atoms with Crippen LogP contribution in [0.5, 0.6) is 23.0 Å². The maximum absolute atomic E-state index is 12.7. The predicted molar refractivity (Wildman–Crippen MR) is 125 cm³/mol. The summed E-state index contributed by atoms with van der Waals surface area (Å²) in [6, 6.07) is 16.5. The van der Waals surface area contributed by atoms with Gasteiger partial charge in [-0.2, -0.15) is 0 Å². The number of rotatable bonds is 8.